The zero-order chi connectivity index (χ0) is 10.3. The van der Waals surface area contributed by atoms with Crippen molar-refractivity contribution in [3.63, 3.8) is 0 Å². The first-order valence-corrected chi connectivity index (χ1v) is 5.43. The van der Waals surface area contributed by atoms with Gasteiger partial charge in [0.05, 0.1) is 4.88 Å². The predicted octanol–water partition coefficient (Wildman–Crippen LogP) is 3.26. The van der Waals surface area contributed by atoms with Crippen molar-refractivity contribution in [3.8, 4) is 10.8 Å². The summed E-state index contributed by atoms with van der Waals surface area (Å²) >= 11 is 1.67. The van der Waals surface area contributed by atoms with Gasteiger partial charge < -0.3 is 4.42 Å². The van der Waals surface area contributed by atoms with Gasteiger partial charge in [0.1, 0.15) is 0 Å². The molecule has 0 aliphatic carbocycles. The molecule has 0 spiro atoms. The van der Waals surface area contributed by atoms with E-state index in [2.05, 4.69) is 28.4 Å². The fourth-order valence-electron chi connectivity index (χ4n) is 1.48. The smallest absolute Gasteiger partial charge is 0.257 e. The monoisotopic (exact) mass is 216 g/mol. The molecule has 0 N–H and O–H groups in total. The molecule has 4 heteroatoms. The van der Waals surface area contributed by atoms with Crippen molar-refractivity contribution in [2.45, 2.75) is 6.92 Å². The van der Waals surface area contributed by atoms with E-state index in [-0.39, 0.29) is 0 Å². The van der Waals surface area contributed by atoms with Crippen molar-refractivity contribution >= 4 is 21.4 Å². The van der Waals surface area contributed by atoms with Gasteiger partial charge in [-0.2, -0.15) is 0 Å². The number of thiophene rings is 1. The zero-order valence-corrected chi connectivity index (χ0v) is 8.91. The molecule has 0 saturated carbocycles. The van der Waals surface area contributed by atoms with Crippen LogP contribution < -0.4 is 0 Å². The Hall–Kier alpha value is -1.68. The fourth-order valence-corrected chi connectivity index (χ4v) is 2.47. The van der Waals surface area contributed by atoms with E-state index in [1.54, 1.807) is 18.3 Å². The summed E-state index contributed by atoms with van der Waals surface area (Å²) in [6.45, 7) is 1.80. The fraction of sp³-hybridized carbons (Fsp3) is 0.0909. The number of rotatable bonds is 1. The van der Waals surface area contributed by atoms with Crippen LogP contribution >= 0.6 is 11.3 Å². The molecule has 0 radical (unpaired) electrons. The summed E-state index contributed by atoms with van der Waals surface area (Å²) in [5, 5.41) is 9.04. The summed E-state index contributed by atoms with van der Waals surface area (Å²) in [5.74, 6) is 1.20. The minimum Gasteiger partial charge on any atom is -0.420 e. The number of aryl methyl sites for hydroxylation is 1. The number of fused-ring (bicyclic) bond motifs is 1. The third kappa shape index (κ3) is 1.43. The molecule has 1 aromatic carbocycles. The summed E-state index contributed by atoms with van der Waals surface area (Å²) < 4.78 is 6.63. The van der Waals surface area contributed by atoms with Gasteiger partial charge in [-0.15, -0.1) is 21.5 Å². The lowest BCUT2D eigenvalue weighted by atomic mass is 10.2. The maximum absolute atomic E-state index is 5.39. The van der Waals surface area contributed by atoms with Gasteiger partial charge in [0, 0.05) is 11.6 Å². The normalized spacial score (nSPS) is 11.0. The van der Waals surface area contributed by atoms with Crippen molar-refractivity contribution in [2.24, 2.45) is 0 Å². The minimum absolute atomic E-state index is 0.599. The van der Waals surface area contributed by atoms with E-state index >= 15 is 0 Å². The van der Waals surface area contributed by atoms with E-state index < -0.39 is 0 Å². The lowest BCUT2D eigenvalue weighted by molar-refractivity contribution is 0.534. The number of aromatic nitrogens is 2. The van der Waals surface area contributed by atoms with Crippen LogP contribution in [-0.2, 0) is 0 Å². The van der Waals surface area contributed by atoms with Crippen LogP contribution in [0, 0.1) is 6.92 Å². The summed E-state index contributed by atoms with van der Waals surface area (Å²) in [6, 6.07) is 10.3. The minimum atomic E-state index is 0.599. The standard InChI is InChI=1S/C11H8N2OS/c1-7-12-13-11(14-7)10-6-8-4-2-3-5-9(8)15-10/h2-6H,1H3. The van der Waals surface area contributed by atoms with Crippen LogP contribution in [0.1, 0.15) is 5.89 Å². The van der Waals surface area contributed by atoms with Crippen LogP contribution in [0.5, 0.6) is 0 Å². The Bertz CT molecular complexity index is 579. The molecule has 0 aliphatic heterocycles. The Morgan fingerprint density at radius 1 is 1.20 bits per heavy atom. The molecule has 15 heavy (non-hydrogen) atoms. The molecule has 0 fully saturated rings. The largest absolute Gasteiger partial charge is 0.420 e. The molecule has 3 nitrogen and oxygen atoms in total. The van der Waals surface area contributed by atoms with Crippen molar-refractivity contribution in [1.29, 1.82) is 0 Å². The average molecular weight is 216 g/mol. The van der Waals surface area contributed by atoms with Crippen molar-refractivity contribution in [2.75, 3.05) is 0 Å². The molecular weight excluding hydrogens is 208 g/mol. The second-order valence-corrected chi connectivity index (χ2v) is 4.36. The zero-order valence-electron chi connectivity index (χ0n) is 8.10. The molecule has 74 valence electrons. The highest BCUT2D eigenvalue weighted by Gasteiger charge is 2.09. The van der Waals surface area contributed by atoms with E-state index in [0.717, 1.165) is 4.88 Å². The van der Waals surface area contributed by atoms with E-state index in [9.17, 15) is 0 Å². The second kappa shape index (κ2) is 3.17. The Balaban J connectivity index is 2.19. The highest BCUT2D eigenvalue weighted by molar-refractivity contribution is 7.22. The molecule has 3 rings (SSSR count). The maximum atomic E-state index is 5.39. The summed E-state index contributed by atoms with van der Waals surface area (Å²) in [5.41, 5.74) is 0. The molecular formula is C11H8N2OS. The highest BCUT2D eigenvalue weighted by Crippen LogP contribution is 2.32. The first kappa shape index (κ1) is 8.61. The predicted molar refractivity (Wildman–Crippen MR) is 59.9 cm³/mol. The molecule has 0 aliphatic rings. The van der Waals surface area contributed by atoms with Crippen LogP contribution in [0.15, 0.2) is 34.7 Å². The Morgan fingerprint density at radius 3 is 2.80 bits per heavy atom. The van der Waals surface area contributed by atoms with Crippen LogP contribution in [0.4, 0.5) is 0 Å². The van der Waals surface area contributed by atoms with Crippen molar-refractivity contribution in [1.82, 2.24) is 10.2 Å². The molecule has 0 saturated heterocycles. The van der Waals surface area contributed by atoms with E-state index in [4.69, 9.17) is 4.42 Å². The average Bonchev–Trinajstić information content (AvgIpc) is 2.82. The van der Waals surface area contributed by atoms with Crippen LogP contribution in [-0.4, -0.2) is 10.2 Å². The second-order valence-electron chi connectivity index (χ2n) is 3.27. The molecule has 0 atom stereocenters. The summed E-state index contributed by atoms with van der Waals surface area (Å²) in [4.78, 5) is 1.02. The van der Waals surface area contributed by atoms with E-state index in [1.807, 2.05) is 12.1 Å². The van der Waals surface area contributed by atoms with E-state index in [1.165, 1.54) is 10.1 Å². The van der Waals surface area contributed by atoms with Gasteiger partial charge in [-0.3, -0.25) is 0 Å². The van der Waals surface area contributed by atoms with Crippen LogP contribution in [0.2, 0.25) is 0 Å². The van der Waals surface area contributed by atoms with E-state index in [0.29, 0.717) is 11.8 Å². The van der Waals surface area contributed by atoms with Crippen LogP contribution in [0.3, 0.4) is 0 Å². The first-order valence-electron chi connectivity index (χ1n) is 4.62. The molecule has 2 heterocycles. The van der Waals surface area contributed by atoms with Gasteiger partial charge in [0.2, 0.25) is 5.89 Å². The summed E-state index contributed by atoms with van der Waals surface area (Å²) in [6.07, 6.45) is 0. The lowest BCUT2D eigenvalue weighted by Gasteiger charge is -1.83. The van der Waals surface area contributed by atoms with Gasteiger partial charge >= 0.3 is 0 Å². The lowest BCUT2D eigenvalue weighted by Crippen LogP contribution is -1.70. The third-order valence-corrected chi connectivity index (χ3v) is 3.27. The molecule has 0 bridgehead atoms. The number of hydrogen-bond acceptors (Lipinski definition) is 4. The highest BCUT2D eigenvalue weighted by atomic mass is 32.1. The van der Waals surface area contributed by atoms with Crippen molar-refractivity contribution in [3.05, 3.63) is 36.2 Å². The van der Waals surface area contributed by atoms with Gasteiger partial charge in [-0.05, 0) is 17.5 Å². The number of benzene rings is 1. The Morgan fingerprint density at radius 2 is 2.07 bits per heavy atom. The number of nitrogens with zero attached hydrogens (tertiary/aromatic N) is 2. The molecule has 2 aromatic heterocycles. The molecule has 0 unspecified atom stereocenters. The van der Waals surface area contributed by atoms with Gasteiger partial charge in [0.15, 0.2) is 0 Å². The van der Waals surface area contributed by atoms with Crippen molar-refractivity contribution < 1.29 is 4.42 Å². The van der Waals surface area contributed by atoms with Gasteiger partial charge in [0.25, 0.3) is 5.89 Å². The van der Waals surface area contributed by atoms with Gasteiger partial charge in [-0.1, -0.05) is 18.2 Å². The Kier molecular flexibility index (Phi) is 1.82. The first-order chi connectivity index (χ1) is 7.33. The van der Waals surface area contributed by atoms with Crippen LogP contribution in [0.25, 0.3) is 20.9 Å². The summed E-state index contributed by atoms with van der Waals surface area (Å²) in [7, 11) is 0. The molecule has 3 aromatic rings. The number of hydrogen-bond donors (Lipinski definition) is 0. The van der Waals surface area contributed by atoms with Gasteiger partial charge in [-0.25, -0.2) is 0 Å². The third-order valence-electron chi connectivity index (χ3n) is 2.16. The Labute approximate surface area is 90.4 Å². The topological polar surface area (TPSA) is 38.9 Å². The maximum Gasteiger partial charge on any atom is 0.257 e. The molecule has 0 amide bonds. The quantitative estimate of drug-likeness (QED) is 0.626. The SMILES string of the molecule is Cc1nnc(-c2cc3ccccc3s2)o1.